The van der Waals surface area contributed by atoms with Gasteiger partial charge in [0, 0.05) is 11.8 Å². The molecule has 0 aliphatic rings. The summed E-state index contributed by atoms with van der Waals surface area (Å²) in [6, 6.07) is 13.9. The molecule has 0 fully saturated rings. The number of thioether (sulfide) groups is 1. The highest BCUT2D eigenvalue weighted by Crippen LogP contribution is 2.23. The van der Waals surface area contributed by atoms with E-state index in [2.05, 4.69) is 10.9 Å². The van der Waals surface area contributed by atoms with E-state index < -0.39 is 24.4 Å². The molecule has 23 heavy (non-hydrogen) atoms. The third kappa shape index (κ3) is 5.63. The van der Waals surface area contributed by atoms with Crippen molar-refractivity contribution in [1.29, 1.82) is 0 Å². The third-order valence-corrected chi connectivity index (χ3v) is 3.79. The number of hydrogen-bond donors (Lipinski definition) is 2. The number of benzene rings is 2. The molecule has 2 aromatic carbocycles. The highest BCUT2D eigenvalue weighted by Gasteiger charge is 2.08. The number of amides is 2. The first kappa shape index (κ1) is 16.8. The average Bonchev–Trinajstić information content (AvgIpc) is 2.56. The summed E-state index contributed by atoms with van der Waals surface area (Å²) in [6.45, 7) is 0.823. The van der Waals surface area contributed by atoms with Crippen LogP contribution in [-0.2, 0) is 19.1 Å². The number of carbonyl (C=O) groups is 3. The summed E-state index contributed by atoms with van der Waals surface area (Å²) in [5, 5.41) is 2.23. The Morgan fingerprint density at radius 2 is 1.78 bits per heavy atom. The largest absolute Gasteiger partial charge is 0.455 e. The Morgan fingerprint density at radius 1 is 1.04 bits per heavy atom. The number of ether oxygens (including phenoxy) is 1. The molecule has 0 heterocycles. The van der Waals surface area contributed by atoms with Gasteiger partial charge in [0.2, 0.25) is 5.91 Å². The van der Waals surface area contributed by atoms with Crippen molar-refractivity contribution in [2.45, 2.75) is 11.8 Å². The van der Waals surface area contributed by atoms with E-state index in [-0.39, 0.29) is 5.75 Å². The normalized spacial score (nSPS) is 10.1. The SMILES string of the molecule is CC(=O)NNC(=O)COC(=O)CSc1ccc2ccccc2c1. The van der Waals surface area contributed by atoms with Gasteiger partial charge >= 0.3 is 5.97 Å². The number of carbonyl (C=O) groups excluding carboxylic acids is 3. The van der Waals surface area contributed by atoms with Crippen molar-refractivity contribution in [3.63, 3.8) is 0 Å². The van der Waals surface area contributed by atoms with Crippen LogP contribution in [0.4, 0.5) is 0 Å². The zero-order chi connectivity index (χ0) is 16.7. The maximum atomic E-state index is 11.6. The van der Waals surface area contributed by atoms with Crippen molar-refractivity contribution in [2.24, 2.45) is 0 Å². The van der Waals surface area contributed by atoms with Gasteiger partial charge in [-0.25, -0.2) is 0 Å². The Hall–Kier alpha value is -2.54. The minimum atomic E-state index is -0.593. The van der Waals surface area contributed by atoms with Gasteiger partial charge in [0.05, 0.1) is 5.75 Å². The van der Waals surface area contributed by atoms with Gasteiger partial charge < -0.3 is 4.74 Å². The fourth-order valence-corrected chi connectivity index (χ4v) is 2.52. The number of esters is 1. The van der Waals surface area contributed by atoms with Crippen molar-refractivity contribution in [2.75, 3.05) is 12.4 Å². The fraction of sp³-hybridized carbons (Fsp3) is 0.188. The second kappa shape index (κ2) is 8.19. The monoisotopic (exact) mass is 332 g/mol. The molecule has 0 atom stereocenters. The number of hydrazine groups is 1. The van der Waals surface area contributed by atoms with Crippen LogP contribution in [0.5, 0.6) is 0 Å². The summed E-state index contributed by atoms with van der Waals surface area (Å²) in [5.41, 5.74) is 4.22. The van der Waals surface area contributed by atoms with Crippen LogP contribution in [0.25, 0.3) is 10.8 Å². The van der Waals surface area contributed by atoms with Crippen molar-refractivity contribution < 1.29 is 19.1 Å². The molecule has 0 spiro atoms. The van der Waals surface area contributed by atoms with Crippen LogP contribution in [0.2, 0.25) is 0 Å². The molecule has 0 aliphatic carbocycles. The highest BCUT2D eigenvalue weighted by atomic mass is 32.2. The molecule has 2 amide bonds. The van der Waals surface area contributed by atoms with Crippen molar-refractivity contribution in [1.82, 2.24) is 10.9 Å². The summed E-state index contributed by atoms with van der Waals surface area (Å²) < 4.78 is 4.82. The minimum Gasteiger partial charge on any atom is -0.455 e. The van der Waals surface area contributed by atoms with Gasteiger partial charge in [0.1, 0.15) is 0 Å². The maximum absolute atomic E-state index is 11.6. The van der Waals surface area contributed by atoms with Crippen LogP contribution in [0.15, 0.2) is 47.4 Å². The van der Waals surface area contributed by atoms with Gasteiger partial charge in [-0.3, -0.25) is 25.2 Å². The van der Waals surface area contributed by atoms with E-state index in [1.54, 1.807) is 0 Å². The second-order valence-corrected chi connectivity index (χ2v) is 5.74. The first-order valence-electron chi connectivity index (χ1n) is 6.87. The molecule has 0 aromatic heterocycles. The molecule has 2 aromatic rings. The zero-order valence-electron chi connectivity index (χ0n) is 12.5. The molecular formula is C16H16N2O4S. The molecule has 0 radical (unpaired) electrons. The summed E-state index contributed by atoms with van der Waals surface area (Å²) in [5.74, 6) is -1.40. The highest BCUT2D eigenvalue weighted by molar-refractivity contribution is 8.00. The summed E-state index contributed by atoms with van der Waals surface area (Å²) >= 11 is 1.34. The third-order valence-electron chi connectivity index (χ3n) is 2.82. The maximum Gasteiger partial charge on any atom is 0.316 e. The van der Waals surface area contributed by atoms with Gasteiger partial charge in [-0.05, 0) is 22.9 Å². The van der Waals surface area contributed by atoms with Crippen molar-refractivity contribution >= 4 is 40.3 Å². The lowest BCUT2D eigenvalue weighted by Crippen LogP contribution is -2.42. The van der Waals surface area contributed by atoms with Crippen LogP contribution in [0.1, 0.15) is 6.92 Å². The first-order valence-corrected chi connectivity index (χ1v) is 7.86. The predicted molar refractivity (Wildman–Crippen MR) is 87.6 cm³/mol. The Morgan fingerprint density at radius 3 is 2.52 bits per heavy atom. The van der Waals surface area contributed by atoms with Gasteiger partial charge in [-0.1, -0.05) is 30.3 Å². The molecule has 0 saturated carbocycles. The quantitative estimate of drug-likeness (QED) is 0.494. The molecule has 2 N–H and O–H groups in total. The standard InChI is InChI=1S/C16H16N2O4S/c1-11(19)17-18-15(20)9-22-16(21)10-23-14-7-6-12-4-2-3-5-13(12)8-14/h2-8H,9-10H2,1H3,(H,17,19)(H,18,20). The molecule has 120 valence electrons. The van der Waals surface area contributed by atoms with Gasteiger partial charge in [-0.2, -0.15) is 0 Å². The Balaban J connectivity index is 1.77. The molecule has 0 aliphatic heterocycles. The van der Waals surface area contributed by atoms with Crippen LogP contribution in [-0.4, -0.2) is 30.1 Å². The van der Waals surface area contributed by atoms with E-state index in [1.807, 2.05) is 42.5 Å². The van der Waals surface area contributed by atoms with Crippen LogP contribution < -0.4 is 10.9 Å². The second-order valence-electron chi connectivity index (χ2n) is 4.69. The fourth-order valence-electron chi connectivity index (χ4n) is 1.78. The lowest BCUT2D eigenvalue weighted by atomic mass is 10.1. The number of rotatable bonds is 5. The minimum absolute atomic E-state index is 0.103. The number of fused-ring (bicyclic) bond motifs is 1. The topological polar surface area (TPSA) is 84.5 Å². The van der Waals surface area contributed by atoms with E-state index >= 15 is 0 Å². The predicted octanol–water partition coefficient (Wildman–Crippen LogP) is 1.64. The van der Waals surface area contributed by atoms with E-state index in [0.29, 0.717) is 0 Å². The zero-order valence-corrected chi connectivity index (χ0v) is 13.3. The van der Waals surface area contributed by atoms with E-state index in [4.69, 9.17) is 4.74 Å². The van der Waals surface area contributed by atoms with Crippen LogP contribution in [0.3, 0.4) is 0 Å². The molecule has 0 bridgehead atoms. The molecule has 0 saturated heterocycles. The summed E-state index contributed by atoms with van der Waals surface area (Å²) in [4.78, 5) is 34.4. The number of nitrogens with one attached hydrogen (secondary N) is 2. The smallest absolute Gasteiger partial charge is 0.316 e. The molecule has 0 unspecified atom stereocenters. The van der Waals surface area contributed by atoms with Gasteiger partial charge in [-0.15, -0.1) is 11.8 Å². The lowest BCUT2D eigenvalue weighted by Gasteiger charge is -2.07. The van der Waals surface area contributed by atoms with Crippen LogP contribution in [0, 0.1) is 0 Å². The Bertz CT molecular complexity index is 733. The summed E-state index contributed by atoms with van der Waals surface area (Å²) in [7, 11) is 0. The first-order chi connectivity index (χ1) is 11.0. The van der Waals surface area contributed by atoms with E-state index in [1.165, 1.54) is 18.7 Å². The van der Waals surface area contributed by atoms with Gasteiger partial charge in [0.25, 0.3) is 5.91 Å². The lowest BCUT2D eigenvalue weighted by molar-refractivity contribution is -0.146. The summed E-state index contributed by atoms with van der Waals surface area (Å²) in [6.07, 6.45) is 0. The van der Waals surface area contributed by atoms with Gasteiger partial charge in [0.15, 0.2) is 6.61 Å². The molecule has 7 heteroatoms. The van der Waals surface area contributed by atoms with Crippen LogP contribution >= 0.6 is 11.8 Å². The Labute approximate surface area is 137 Å². The molecular weight excluding hydrogens is 316 g/mol. The van der Waals surface area contributed by atoms with E-state index in [0.717, 1.165) is 15.7 Å². The molecule has 2 rings (SSSR count). The Kier molecular flexibility index (Phi) is 5.99. The van der Waals surface area contributed by atoms with Crippen molar-refractivity contribution in [3.8, 4) is 0 Å². The van der Waals surface area contributed by atoms with Crippen molar-refractivity contribution in [3.05, 3.63) is 42.5 Å². The molecule has 6 nitrogen and oxygen atoms in total. The average molecular weight is 332 g/mol. The number of hydrogen-bond acceptors (Lipinski definition) is 5. The van der Waals surface area contributed by atoms with E-state index in [9.17, 15) is 14.4 Å².